The molecule has 55 heavy (non-hydrogen) atoms. The summed E-state index contributed by atoms with van der Waals surface area (Å²) in [7, 11) is -7.75. The molecule has 0 saturated carbocycles. The Morgan fingerprint density at radius 2 is 1.25 bits per heavy atom. The van der Waals surface area contributed by atoms with Gasteiger partial charge in [-0.05, 0) is 89.2 Å². The lowest BCUT2D eigenvalue weighted by atomic mass is 9.96. The Kier molecular flexibility index (Phi) is 11.3. The predicted molar refractivity (Wildman–Crippen MR) is 201 cm³/mol. The number of nitrogens with zero attached hydrogens (tertiary/aromatic N) is 2. The van der Waals surface area contributed by atoms with Crippen molar-refractivity contribution in [2.24, 2.45) is 0 Å². The van der Waals surface area contributed by atoms with Crippen molar-refractivity contribution in [2.45, 2.75) is 47.3 Å². The standard InChI is InChI=1S/C41H37F3N2O7S2/c1-54(50,51)36-21-23-37(24-22-36)55(52,53)46-25-5-8-35(46)27-45(38(26-39(47)48)32-13-9-29(10-14-32)28-6-3-2-4-7-28)40(49)33-15-11-30(12-16-33)31-17-19-34(20-18-31)41(42,43)44/h2-4,6-7,9-24,35,38H,5,8,25-27H2,1H3,(H,47,48)/t35-,38?/m1/s1. The van der Waals surface area contributed by atoms with Gasteiger partial charge in [0.15, 0.2) is 9.84 Å². The molecule has 1 amide bonds. The highest BCUT2D eigenvalue weighted by atomic mass is 32.2. The molecule has 14 heteroatoms. The van der Waals surface area contributed by atoms with E-state index in [-0.39, 0.29) is 28.4 Å². The van der Waals surface area contributed by atoms with Crippen LogP contribution in [0.4, 0.5) is 13.2 Å². The third kappa shape index (κ3) is 8.98. The number of hydrogen-bond donors (Lipinski definition) is 1. The summed E-state index contributed by atoms with van der Waals surface area (Å²) in [4.78, 5) is 28.2. The Labute approximate surface area is 317 Å². The van der Waals surface area contributed by atoms with E-state index in [1.807, 2.05) is 42.5 Å². The molecular weight excluding hydrogens is 754 g/mol. The average molecular weight is 791 g/mol. The Morgan fingerprint density at radius 1 is 0.745 bits per heavy atom. The number of carbonyl (C=O) groups is 2. The number of amides is 1. The average Bonchev–Trinajstić information content (AvgIpc) is 3.65. The molecule has 1 aliphatic rings. The topological polar surface area (TPSA) is 129 Å². The lowest BCUT2D eigenvalue weighted by molar-refractivity contribution is -0.139. The molecule has 5 aromatic carbocycles. The summed E-state index contributed by atoms with van der Waals surface area (Å²) in [5, 5.41) is 10.1. The van der Waals surface area contributed by atoms with Crippen LogP contribution in [-0.2, 0) is 30.8 Å². The molecule has 1 aliphatic heterocycles. The summed E-state index contributed by atoms with van der Waals surface area (Å²) in [6.07, 6.45) is -3.14. The third-order valence-corrected chi connectivity index (χ3v) is 12.8. The monoisotopic (exact) mass is 790 g/mol. The first-order chi connectivity index (χ1) is 26.0. The van der Waals surface area contributed by atoms with Crippen molar-refractivity contribution in [1.82, 2.24) is 9.21 Å². The minimum absolute atomic E-state index is 0.0414. The van der Waals surface area contributed by atoms with Gasteiger partial charge >= 0.3 is 12.1 Å². The number of halogens is 3. The zero-order chi connectivity index (χ0) is 39.5. The Bertz CT molecular complexity index is 2370. The van der Waals surface area contributed by atoms with Crippen molar-refractivity contribution >= 4 is 31.7 Å². The number of hydrogen-bond acceptors (Lipinski definition) is 6. The molecule has 0 radical (unpaired) electrons. The molecule has 5 aromatic rings. The Balaban J connectivity index is 1.36. The number of carboxylic acids is 1. The van der Waals surface area contributed by atoms with Gasteiger partial charge in [-0.15, -0.1) is 0 Å². The maximum absolute atomic E-state index is 14.6. The second-order valence-electron chi connectivity index (χ2n) is 13.4. The zero-order valence-corrected chi connectivity index (χ0v) is 31.2. The van der Waals surface area contributed by atoms with Gasteiger partial charge in [0.1, 0.15) is 0 Å². The Morgan fingerprint density at radius 3 is 1.78 bits per heavy atom. The van der Waals surface area contributed by atoms with Crippen LogP contribution in [0.15, 0.2) is 137 Å². The van der Waals surface area contributed by atoms with Gasteiger partial charge in [-0.25, -0.2) is 16.8 Å². The first-order valence-corrected chi connectivity index (χ1v) is 20.6. The van der Waals surface area contributed by atoms with Crippen LogP contribution in [0.25, 0.3) is 22.3 Å². The highest BCUT2D eigenvalue weighted by Gasteiger charge is 2.39. The molecule has 0 spiro atoms. The minimum atomic E-state index is -4.50. The summed E-state index contributed by atoms with van der Waals surface area (Å²) in [6.45, 7) is -0.0431. The van der Waals surface area contributed by atoms with Crippen LogP contribution in [0.3, 0.4) is 0 Å². The van der Waals surface area contributed by atoms with Gasteiger partial charge in [-0.1, -0.05) is 78.9 Å². The lowest BCUT2D eigenvalue weighted by Crippen LogP contribution is -2.47. The molecule has 9 nitrogen and oxygen atoms in total. The number of sulfonamides is 1. The van der Waals surface area contributed by atoms with E-state index in [1.54, 1.807) is 24.3 Å². The van der Waals surface area contributed by atoms with Gasteiger partial charge in [0.25, 0.3) is 5.91 Å². The summed E-state index contributed by atoms with van der Waals surface area (Å²) in [5.41, 5.74) is 2.71. The quantitative estimate of drug-likeness (QED) is 0.136. The van der Waals surface area contributed by atoms with E-state index < -0.39 is 62.0 Å². The zero-order valence-electron chi connectivity index (χ0n) is 29.6. The number of aliphatic carboxylic acids is 1. The van der Waals surface area contributed by atoms with Gasteiger partial charge < -0.3 is 10.0 Å². The van der Waals surface area contributed by atoms with Crippen molar-refractivity contribution < 1.29 is 44.7 Å². The maximum atomic E-state index is 14.6. The fourth-order valence-electron chi connectivity index (χ4n) is 6.81. The van der Waals surface area contributed by atoms with E-state index >= 15 is 0 Å². The van der Waals surface area contributed by atoms with Crippen LogP contribution >= 0.6 is 0 Å². The van der Waals surface area contributed by atoms with Gasteiger partial charge in [-0.2, -0.15) is 17.5 Å². The summed E-state index contributed by atoms with van der Waals surface area (Å²) in [6, 6.07) is 30.6. The number of sulfone groups is 1. The number of carbonyl (C=O) groups excluding carboxylic acids is 1. The summed E-state index contributed by atoms with van der Waals surface area (Å²) >= 11 is 0. The summed E-state index contributed by atoms with van der Waals surface area (Å²) < 4.78 is 92.7. The molecule has 1 unspecified atom stereocenters. The summed E-state index contributed by atoms with van der Waals surface area (Å²) in [5.74, 6) is -1.76. The van der Waals surface area contributed by atoms with Crippen LogP contribution in [0, 0.1) is 0 Å². The highest BCUT2D eigenvalue weighted by molar-refractivity contribution is 7.90. The van der Waals surface area contributed by atoms with Crippen LogP contribution < -0.4 is 0 Å². The lowest BCUT2D eigenvalue weighted by Gasteiger charge is -2.36. The van der Waals surface area contributed by atoms with E-state index in [9.17, 15) is 44.7 Å². The maximum Gasteiger partial charge on any atom is 0.416 e. The SMILES string of the molecule is CS(=O)(=O)c1ccc(S(=O)(=O)N2CCC[C@@H]2CN(C(=O)c2ccc(-c3ccc(C(F)(F)F)cc3)cc2)C(CC(=O)O)c2ccc(-c3ccccc3)cc2)cc1. The van der Waals surface area contributed by atoms with E-state index in [0.717, 1.165) is 29.5 Å². The molecule has 286 valence electrons. The van der Waals surface area contributed by atoms with E-state index in [4.69, 9.17) is 0 Å². The number of rotatable bonds is 12. The van der Waals surface area contributed by atoms with Crippen LogP contribution in [0.2, 0.25) is 0 Å². The highest BCUT2D eigenvalue weighted by Crippen LogP contribution is 2.35. The molecule has 1 heterocycles. The molecule has 1 saturated heterocycles. The van der Waals surface area contributed by atoms with Crippen molar-refractivity contribution in [3.63, 3.8) is 0 Å². The van der Waals surface area contributed by atoms with E-state index in [2.05, 4.69) is 0 Å². The van der Waals surface area contributed by atoms with Crippen LogP contribution in [0.1, 0.15) is 46.8 Å². The fraction of sp³-hybridized carbons (Fsp3) is 0.220. The van der Waals surface area contributed by atoms with Crippen molar-refractivity contribution in [2.75, 3.05) is 19.3 Å². The van der Waals surface area contributed by atoms with Gasteiger partial charge in [0, 0.05) is 31.0 Å². The molecule has 0 bridgehead atoms. The number of carboxylic acid groups (broad SMARTS) is 1. The normalized spacial score (nSPS) is 15.7. The molecule has 6 rings (SSSR count). The van der Waals surface area contributed by atoms with E-state index in [0.29, 0.717) is 29.5 Å². The second-order valence-corrected chi connectivity index (χ2v) is 17.3. The van der Waals surface area contributed by atoms with Crippen LogP contribution in [0.5, 0.6) is 0 Å². The first kappa shape index (κ1) is 39.4. The van der Waals surface area contributed by atoms with Gasteiger partial charge in [0.2, 0.25) is 10.0 Å². The molecule has 0 aliphatic carbocycles. The van der Waals surface area contributed by atoms with Crippen molar-refractivity contribution in [3.8, 4) is 22.3 Å². The molecule has 0 aromatic heterocycles. The fourth-order valence-corrected chi connectivity index (χ4v) is 9.12. The molecule has 2 atom stereocenters. The van der Waals surface area contributed by atoms with Gasteiger partial charge in [-0.3, -0.25) is 9.59 Å². The second kappa shape index (κ2) is 15.8. The smallest absolute Gasteiger partial charge is 0.416 e. The molecule has 1 fully saturated rings. The Hall–Kier alpha value is -5.31. The largest absolute Gasteiger partial charge is 0.481 e. The van der Waals surface area contributed by atoms with Crippen molar-refractivity contribution in [1.29, 1.82) is 0 Å². The third-order valence-electron chi connectivity index (χ3n) is 9.67. The molecular formula is C41H37F3N2O7S2. The first-order valence-electron chi connectivity index (χ1n) is 17.3. The van der Waals surface area contributed by atoms with Gasteiger partial charge in [0.05, 0.1) is 27.8 Å². The molecule has 1 N–H and O–H groups in total. The number of benzene rings is 5. The minimum Gasteiger partial charge on any atom is -0.481 e. The van der Waals surface area contributed by atoms with Crippen LogP contribution in [-0.4, -0.2) is 68.4 Å². The van der Waals surface area contributed by atoms with E-state index in [1.165, 1.54) is 57.7 Å². The predicted octanol–water partition coefficient (Wildman–Crippen LogP) is 7.95. The van der Waals surface area contributed by atoms with Crippen molar-refractivity contribution in [3.05, 3.63) is 144 Å². The number of alkyl halides is 3.